The van der Waals surface area contributed by atoms with E-state index in [0.29, 0.717) is 0 Å². The second-order valence-electron chi connectivity index (χ2n) is 4.98. The predicted molar refractivity (Wildman–Crippen MR) is 83.7 cm³/mol. The van der Waals surface area contributed by atoms with Crippen LogP contribution in [0.15, 0.2) is 42.6 Å². The number of hydrogen-bond donors (Lipinski definition) is 1. The van der Waals surface area contributed by atoms with E-state index in [2.05, 4.69) is 24.1 Å². The van der Waals surface area contributed by atoms with Crippen molar-refractivity contribution in [3.8, 4) is 11.5 Å². The number of aromatic nitrogens is 1. The molecular formula is C17H22N2O2. The smallest absolute Gasteiger partial charge is 0.161 e. The summed E-state index contributed by atoms with van der Waals surface area (Å²) in [6.07, 6.45) is 1.81. The summed E-state index contributed by atoms with van der Waals surface area (Å²) in [5.74, 6) is 1.49. The number of ether oxygens (including phenoxy) is 2. The molecule has 1 unspecified atom stereocenters. The summed E-state index contributed by atoms with van der Waals surface area (Å²) >= 11 is 0. The Balaban J connectivity index is 2.11. The molecule has 0 saturated heterocycles. The molecule has 2 atom stereocenters. The zero-order valence-corrected chi connectivity index (χ0v) is 13.0. The third-order valence-corrected chi connectivity index (χ3v) is 3.54. The first-order valence-electron chi connectivity index (χ1n) is 7.04. The van der Waals surface area contributed by atoms with E-state index < -0.39 is 0 Å². The number of rotatable bonds is 6. The van der Waals surface area contributed by atoms with Crippen molar-refractivity contribution in [3.05, 3.63) is 53.9 Å². The van der Waals surface area contributed by atoms with Crippen molar-refractivity contribution in [1.29, 1.82) is 0 Å². The molecule has 1 aromatic carbocycles. The molecule has 0 bridgehead atoms. The Morgan fingerprint density at radius 1 is 0.952 bits per heavy atom. The number of nitrogens with one attached hydrogen (secondary N) is 1. The molecule has 0 aliphatic carbocycles. The van der Waals surface area contributed by atoms with Crippen molar-refractivity contribution < 1.29 is 9.47 Å². The summed E-state index contributed by atoms with van der Waals surface area (Å²) in [5, 5.41) is 3.54. The lowest BCUT2D eigenvalue weighted by Gasteiger charge is -2.21. The average molecular weight is 286 g/mol. The standard InChI is InChI=1S/C17H22N2O2/c1-12(19-13(2)15-7-5-6-10-18-15)14-8-9-16(20-3)17(11-14)21-4/h5-13,19H,1-4H3/t12?,13-/m0/s1. The van der Waals surface area contributed by atoms with Gasteiger partial charge in [0.25, 0.3) is 0 Å². The Hall–Kier alpha value is -2.07. The SMILES string of the molecule is COc1ccc(C(C)N[C@@H](C)c2ccccn2)cc1OC. The maximum absolute atomic E-state index is 5.35. The minimum absolute atomic E-state index is 0.175. The van der Waals surface area contributed by atoms with E-state index in [1.807, 2.05) is 42.6 Å². The van der Waals surface area contributed by atoms with Gasteiger partial charge in [0.15, 0.2) is 11.5 Å². The molecule has 1 N–H and O–H groups in total. The van der Waals surface area contributed by atoms with Crippen molar-refractivity contribution in [3.63, 3.8) is 0 Å². The molecule has 112 valence electrons. The van der Waals surface area contributed by atoms with E-state index in [4.69, 9.17) is 9.47 Å². The predicted octanol–water partition coefficient (Wildman–Crippen LogP) is 3.51. The van der Waals surface area contributed by atoms with E-state index in [-0.39, 0.29) is 12.1 Å². The molecule has 4 heteroatoms. The first-order chi connectivity index (χ1) is 10.2. The third-order valence-electron chi connectivity index (χ3n) is 3.54. The van der Waals surface area contributed by atoms with Gasteiger partial charge in [-0.1, -0.05) is 12.1 Å². The van der Waals surface area contributed by atoms with Crippen molar-refractivity contribution in [2.75, 3.05) is 14.2 Å². The van der Waals surface area contributed by atoms with Gasteiger partial charge in [0.05, 0.1) is 19.9 Å². The molecule has 0 saturated carbocycles. The molecule has 0 spiro atoms. The van der Waals surface area contributed by atoms with E-state index in [1.165, 1.54) is 0 Å². The van der Waals surface area contributed by atoms with Crippen molar-refractivity contribution in [1.82, 2.24) is 10.3 Å². The van der Waals surface area contributed by atoms with Gasteiger partial charge in [-0.15, -0.1) is 0 Å². The number of nitrogens with zero attached hydrogens (tertiary/aromatic N) is 1. The highest BCUT2D eigenvalue weighted by molar-refractivity contribution is 5.43. The Labute approximate surface area is 126 Å². The van der Waals surface area contributed by atoms with Crippen LogP contribution < -0.4 is 14.8 Å². The molecule has 4 nitrogen and oxygen atoms in total. The second-order valence-corrected chi connectivity index (χ2v) is 4.98. The largest absolute Gasteiger partial charge is 0.493 e. The van der Waals surface area contributed by atoms with E-state index in [9.17, 15) is 0 Å². The molecule has 0 amide bonds. The van der Waals surface area contributed by atoms with Crippen LogP contribution in [0.2, 0.25) is 0 Å². The summed E-state index contributed by atoms with van der Waals surface area (Å²) in [6, 6.07) is 12.3. The maximum atomic E-state index is 5.35. The molecule has 0 fully saturated rings. The minimum Gasteiger partial charge on any atom is -0.493 e. The number of pyridine rings is 1. The first-order valence-corrected chi connectivity index (χ1v) is 7.04. The highest BCUT2D eigenvalue weighted by atomic mass is 16.5. The van der Waals surface area contributed by atoms with Gasteiger partial charge in [-0.2, -0.15) is 0 Å². The van der Waals surface area contributed by atoms with Gasteiger partial charge in [-0.25, -0.2) is 0 Å². The number of methoxy groups -OCH3 is 2. The lowest BCUT2D eigenvalue weighted by molar-refractivity contribution is 0.353. The van der Waals surface area contributed by atoms with Gasteiger partial charge in [-0.3, -0.25) is 4.98 Å². The van der Waals surface area contributed by atoms with Crippen molar-refractivity contribution >= 4 is 0 Å². The molecule has 2 aromatic rings. The van der Waals surface area contributed by atoms with Crippen LogP contribution in [0.25, 0.3) is 0 Å². The Morgan fingerprint density at radius 3 is 2.33 bits per heavy atom. The fourth-order valence-corrected chi connectivity index (χ4v) is 2.31. The summed E-state index contributed by atoms with van der Waals surface area (Å²) in [7, 11) is 3.29. The van der Waals surface area contributed by atoms with Gasteiger partial charge in [0.2, 0.25) is 0 Å². The van der Waals surface area contributed by atoms with E-state index >= 15 is 0 Å². The van der Waals surface area contributed by atoms with Crippen LogP contribution in [0.3, 0.4) is 0 Å². The minimum atomic E-state index is 0.175. The van der Waals surface area contributed by atoms with Crippen LogP contribution >= 0.6 is 0 Å². The van der Waals surface area contributed by atoms with Crippen molar-refractivity contribution in [2.45, 2.75) is 25.9 Å². The van der Waals surface area contributed by atoms with Crippen LogP contribution in [-0.2, 0) is 0 Å². The molecule has 0 aliphatic heterocycles. The normalized spacial score (nSPS) is 13.5. The summed E-state index contributed by atoms with van der Waals surface area (Å²) in [5.41, 5.74) is 2.18. The van der Waals surface area contributed by atoms with Gasteiger partial charge >= 0.3 is 0 Å². The van der Waals surface area contributed by atoms with Gasteiger partial charge in [0, 0.05) is 18.3 Å². The zero-order chi connectivity index (χ0) is 15.2. The van der Waals surface area contributed by atoms with Crippen LogP contribution in [0.5, 0.6) is 11.5 Å². The zero-order valence-electron chi connectivity index (χ0n) is 13.0. The maximum Gasteiger partial charge on any atom is 0.161 e. The number of benzene rings is 1. The number of hydrogen-bond acceptors (Lipinski definition) is 4. The van der Waals surface area contributed by atoms with Gasteiger partial charge in [-0.05, 0) is 43.7 Å². The van der Waals surface area contributed by atoms with Crippen molar-refractivity contribution in [2.24, 2.45) is 0 Å². The first kappa shape index (κ1) is 15.3. The highest BCUT2D eigenvalue weighted by Gasteiger charge is 2.14. The topological polar surface area (TPSA) is 43.4 Å². The molecule has 1 heterocycles. The molecule has 2 rings (SSSR count). The third kappa shape index (κ3) is 3.73. The van der Waals surface area contributed by atoms with E-state index in [1.54, 1.807) is 14.2 Å². The Bertz CT molecular complexity index is 572. The highest BCUT2D eigenvalue weighted by Crippen LogP contribution is 2.30. The summed E-state index contributed by atoms with van der Waals surface area (Å²) in [4.78, 5) is 4.38. The van der Waals surface area contributed by atoms with Gasteiger partial charge in [0.1, 0.15) is 0 Å². The summed E-state index contributed by atoms with van der Waals surface area (Å²) in [6.45, 7) is 4.24. The quantitative estimate of drug-likeness (QED) is 0.882. The van der Waals surface area contributed by atoms with Crippen LogP contribution in [0.4, 0.5) is 0 Å². The second kappa shape index (κ2) is 7.09. The lowest BCUT2D eigenvalue weighted by Crippen LogP contribution is -2.23. The van der Waals surface area contributed by atoms with Crippen LogP contribution in [0.1, 0.15) is 37.2 Å². The molecule has 21 heavy (non-hydrogen) atoms. The Kier molecular flexibility index (Phi) is 5.17. The van der Waals surface area contributed by atoms with E-state index in [0.717, 1.165) is 22.8 Å². The van der Waals surface area contributed by atoms with Crippen LogP contribution in [0, 0.1) is 0 Å². The molecule has 0 aliphatic rings. The molecule has 0 radical (unpaired) electrons. The lowest BCUT2D eigenvalue weighted by atomic mass is 10.1. The fourth-order valence-electron chi connectivity index (χ4n) is 2.31. The molecule has 1 aromatic heterocycles. The fraction of sp³-hybridized carbons (Fsp3) is 0.353. The summed E-state index contributed by atoms with van der Waals surface area (Å²) < 4.78 is 10.6. The molecular weight excluding hydrogens is 264 g/mol. The monoisotopic (exact) mass is 286 g/mol. The Morgan fingerprint density at radius 2 is 1.71 bits per heavy atom. The average Bonchev–Trinajstić information content (AvgIpc) is 2.54. The van der Waals surface area contributed by atoms with Gasteiger partial charge < -0.3 is 14.8 Å². The van der Waals surface area contributed by atoms with Crippen LogP contribution in [-0.4, -0.2) is 19.2 Å².